The second kappa shape index (κ2) is 14.6. The number of ether oxygens (including phenoxy) is 1. The number of hydrogen-bond acceptors (Lipinski definition) is 7. The largest absolute Gasteiger partial charge is 0.497 e. The highest BCUT2D eigenvalue weighted by atomic mass is 32.1. The van der Waals surface area contributed by atoms with Crippen LogP contribution in [-0.2, 0) is 4.79 Å². The van der Waals surface area contributed by atoms with Crippen molar-refractivity contribution in [1.29, 1.82) is 0 Å². The highest BCUT2D eigenvalue weighted by molar-refractivity contribution is 7.42. The first-order valence-electron chi connectivity index (χ1n) is 11.9. The monoisotopic (exact) mass is 549 g/mol. The van der Waals surface area contributed by atoms with E-state index in [4.69, 9.17) is 9.72 Å². The van der Waals surface area contributed by atoms with Crippen LogP contribution in [0.4, 0.5) is 5.13 Å². The first-order valence-corrected chi connectivity index (χ1v) is 15.1. The Bertz CT molecular complexity index is 1370. The summed E-state index contributed by atoms with van der Waals surface area (Å²) in [6, 6.07) is 16.0. The van der Waals surface area contributed by atoms with E-state index >= 15 is 0 Å². The van der Waals surface area contributed by atoms with Crippen molar-refractivity contribution in [3.63, 3.8) is 0 Å². The number of thiazole rings is 2. The van der Waals surface area contributed by atoms with Crippen molar-refractivity contribution in [3.05, 3.63) is 88.8 Å². The molecule has 1 unspecified atom stereocenters. The molecule has 1 N–H and O–H groups in total. The predicted molar refractivity (Wildman–Crippen MR) is 162 cm³/mol. The van der Waals surface area contributed by atoms with Gasteiger partial charge in [0.25, 0.3) is 0 Å². The average Bonchev–Trinajstić information content (AvgIpc) is 3.58. The van der Waals surface area contributed by atoms with Crippen LogP contribution >= 0.6 is 31.3 Å². The molecule has 2 aromatic heterocycles. The Morgan fingerprint density at radius 2 is 2.00 bits per heavy atom. The van der Waals surface area contributed by atoms with Gasteiger partial charge in [-0.3, -0.25) is 4.79 Å². The lowest BCUT2D eigenvalue weighted by atomic mass is 10.1. The highest BCUT2D eigenvalue weighted by Gasteiger charge is 2.11. The summed E-state index contributed by atoms with van der Waals surface area (Å²) in [5.41, 5.74) is 5.67. The van der Waals surface area contributed by atoms with E-state index in [1.165, 1.54) is 29.6 Å². The van der Waals surface area contributed by atoms with Crippen LogP contribution in [0.5, 0.6) is 5.75 Å². The molecule has 5 nitrogen and oxygen atoms in total. The SMILES string of the molecule is CCC=C(Nc1ncc(-c2nc(-c3cccc(C)c3)cs2)s1)PC.COc1cccc(/C=C/C(C)=O)c1. The van der Waals surface area contributed by atoms with E-state index in [1.807, 2.05) is 30.5 Å². The maximum atomic E-state index is 10.7. The van der Waals surface area contributed by atoms with Gasteiger partial charge in [0, 0.05) is 16.4 Å². The Kier molecular flexibility index (Phi) is 11.2. The summed E-state index contributed by atoms with van der Waals surface area (Å²) >= 11 is 3.33. The van der Waals surface area contributed by atoms with E-state index in [0.717, 1.165) is 47.0 Å². The number of allylic oxidation sites excluding steroid dienone is 2. The molecule has 2 heterocycles. The Hall–Kier alpha value is -3.12. The van der Waals surface area contributed by atoms with E-state index in [-0.39, 0.29) is 5.78 Å². The van der Waals surface area contributed by atoms with Gasteiger partial charge in [0.05, 0.1) is 23.9 Å². The fraction of sp³-hybridized carbons (Fsp3) is 0.207. The Labute approximate surface area is 229 Å². The number of benzene rings is 2. The van der Waals surface area contributed by atoms with Crippen LogP contribution in [0.2, 0.25) is 0 Å². The molecular formula is C29H32N3O2PS2. The van der Waals surface area contributed by atoms with Gasteiger partial charge in [-0.15, -0.1) is 11.3 Å². The molecule has 37 heavy (non-hydrogen) atoms. The molecule has 0 aliphatic carbocycles. The average molecular weight is 550 g/mol. The van der Waals surface area contributed by atoms with Crippen molar-refractivity contribution in [2.75, 3.05) is 19.1 Å². The van der Waals surface area contributed by atoms with Gasteiger partial charge in [-0.05, 0) is 56.8 Å². The first kappa shape index (κ1) is 28.5. The summed E-state index contributed by atoms with van der Waals surface area (Å²) < 4.78 is 5.04. The van der Waals surface area contributed by atoms with Gasteiger partial charge in [0.2, 0.25) is 0 Å². The van der Waals surface area contributed by atoms with Crippen LogP contribution in [0.15, 0.2) is 77.7 Å². The third kappa shape index (κ3) is 9.04. The number of methoxy groups -OCH3 is 1. The van der Waals surface area contributed by atoms with E-state index < -0.39 is 0 Å². The van der Waals surface area contributed by atoms with E-state index in [1.54, 1.807) is 35.9 Å². The van der Waals surface area contributed by atoms with Gasteiger partial charge in [-0.1, -0.05) is 74.9 Å². The number of ketones is 1. The molecule has 8 heteroatoms. The number of aryl methyl sites for hydroxylation is 1. The summed E-state index contributed by atoms with van der Waals surface area (Å²) in [4.78, 5) is 21.0. The predicted octanol–water partition coefficient (Wildman–Crippen LogP) is 8.51. The third-order valence-electron chi connectivity index (χ3n) is 5.06. The summed E-state index contributed by atoms with van der Waals surface area (Å²) in [7, 11) is 2.36. The van der Waals surface area contributed by atoms with Gasteiger partial charge in [0.1, 0.15) is 10.8 Å². The molecule has 0 amide bonds. The quantitative estimate of drug-likeness (QED) is 0.167. The number of aromatic nitrogens is 2. The van der Waals surface area contributed by atoms with Gasteiger partial charge < -0.3 is 10.1 Å². The molecule has 4 rings (SSSR count). The number of carbonyl (C=O) groups excluding carboxylic acids is 1. The topological polar surface area (TPSA) is 64.1 Å². The zero-order chi connectivity index (χ0) is 26.6. The van der Waals surface area contributed by atoms with E-state index in [2.05, 4.69) is 66.5 Å². The summed E-state index contributed by atoms with van der Waals surface area (Å²) in [6.07, 6.45) is 8.47. The highest BCUT2D eigenvalue weighted by Crippen LogP contribution is 2.35. The molecular weight excluding hydrogens is 517 g/mol. The van der Waals surface area contributed by atoms with Gasteiger partial charge in [0.15, 0.2) is 10.9 Å². The van der Waals surface area contributed by atoms with Crippen LogP contribution in [0, 0.1) is 6.92 Å². The molecule has 4 aromatic rings. The van der Waals surface area contributed by atoms with Crippen LogP contribution in [-0.4, -0.2) is 29.5 Å². The van der Waals surface area contributed by atoms with Crippen molar-refractivity contribution >= 4 is 48.2 Å². The molecule has 0 saturated heterocycles. The molecule has 0 fully saturated rings. The molecule has 0 bridgehead atoms. The van der Waals surface area contributed by atoms with Gasteiger partial charge in [-0.25, -0.2) is 9.97 Å². The van der Waals surface area contributed by atoms with Crippen molar-refractivity contribution < 1.29 is 9.53 Å². The van der Waals surface area contributed by atoms with Gasteiger partial charge >= 0.3 is 0 Å². The first-order chi connectivity index (χ1) is 17.9. The minimum atomic E-state index is 0.0443. The molecule has 0 aliphatic heterocycles. The molecule has 0 spiro atoms. The lowest BCUT2D eigenvalue weighted by Gasteiger charge is -2.04. The fourth-order valence-electron chi connectivity index (χ4n) is 3.25. The second-order valence-corrected chi connectivity index (χ2v) is 11.0. The van der Waals surface area contributed by atoms with Crippen LogP contribution in [0.25, 0.3) is 27.2 Å². The lowest BCUT2D eigenvalue weighted by molar-refractivity contribution is -0.112. The maximum Gasteiger partial charge on any atom is 0.187 e. The van der Waals surface area contributed by atoms with Gasteiger partial charge in [-0.2, -0.15) is 0 Å². The second-order valence-electron chi connectivity index (χ2n) is 8.06. The van der Waals surface area contributed by atoms with Crippen molar-refractivity contribution in [3.8, 4) is 26.9 Å². The molecule has 0 aliphatic rings. The molecule has 0 saturated carbocycles. The maximum absolute atomic E-state index is 10.7. The lowest BCUT2D eigenvalue weighted by Crippen LogP contribution is -1.92. The molecule has 192 valence electrons. The minimum Gasteiger partial charge on any atom is -0.497 e. The third-order valence-corrected chi connectivity index (χ3v) is 7.85. The standard InChI is InChI=1S/C18H20N3PS2.C11H12O2/c1-4-6-16(22-3)21-18-19-10-15(24-18)17-20-14(11-23-17)13-8-5-7-12(2)9-13;1-9(12)6-7-10-4-3-5-11(8-10)13-2/h5-11,22H,4H2,1-3H3,(H,19,21);3-8H,1-2H3/b;7-6+. The molecule has 1 atom stereocenters. The van der Waals surface area contributed by atoms with Crippen molar-refractivity contribution in [1.82, 2.24) is 9.97 Å². The van der Waals surface area contributed by atoms with E-state index in [9.17, 15) is 4.79 Å². The Balaban J connectivity index is 0.000000248. The molecule has 0 radical (unpaired) electrons. The number of nitrogens with zero attached hydrogens (tertiary/aromatic N) is 2. The Morgan fingerprint density at radius 3 is 2.70 bits per heavy atom. The van der Waals surface area contributed by atoms with Crippen molar-refractivity contribution in [2.45, 2.75) is 27.2 Å². The number of carbonyl (C=O) groups is 1. The zero-order valence-electron chi connectivity index (χ0n) is 21.7. The smallest absolute Gasteiger partial charge is 0.187 e. The van der Waals surface area contributed by atoms with Crippen LogP contribution in [0.3, 0.4) is 0 Å². The summed E-state index contributed by atoms with van der Waals surface area (Å²) in [5.74, 6) is 0.841. The van der Waals surface area contributed by atoms with Crippen LogP contribution < -0.4 is 10.1 Å². The fourth-order valence-corrected chi connectivity index (χ4v) is 5.70. The summed E-state index contributed by atoms with van der Waals surface area (Å²) in [6.45, 7) is 7.96. The zero-order valence-corrected chi connectivity index (χ0v) is 24.4. The van der Waals surface area contributed by atoms with E-state index in [0.29, 0.717) is 0 Å². The number of hydrogen-bond donors (Lipinski definition) is 1. The Morgan fingerprint density at radius 1 is 1.19 bits per heavy atom. The number of anilines is 1. The van der Waals surface area contributed by atoms with Crippen LogP contribution in [0.1, 0.15) is 31.4 Å². The number of rotatable bonds is 9. The summed E-state index contributed by atoms with van der Waals surface area (Å²) in [5, 5.41) is 7.50. The number of nitrogens with one attached hydrogen (secondary N) is 1. The van der Waals surface area contributed by atoms with Crippen molar-refractivity contribution in [2.24, 2.45) is 0 Å². The minimum absolute atomic E-state index is 0.0443. The normalized spacial score (nSPS) is 11.5. The molecule has 2 aromatic carbocycles.